The molecule has 0 saturated carbocycles. The van der Waals surface area contributed by atoms with Gasteiger partial charge in [0.25, 0.3) is 11.5 Å². The van der Waals surface area contributed by atoms with Crippen LogP contribution in [-0.4, -0.2) is 32.6 Å². The van der Waals surface area contributed by atoms with Gasteiger partial charge in [-0.1, -0.05) is 12.0 Å². The van der Waals surface area contributed by atoms with E-state index in [4.69, 9.17) is 5.73 Å². The van der Waals surface area contributed by atoms with E-state index in [9.17, 15) is 9.59 Å². The van der Waals surface area contributed by atoms with E-state index < -0.39 is 5.91 Å². The minimum absolute atomic E-state index is 0.290. The number of carbonyl (C=O) groups is 1. The summed E-state index contributed by atoms with van der Waals surface area (Å²) in [5.74, 6) is 4.87. The first kappa shape index (κ1) is 17.3. The number of primary amides is 1. The van der Waals surface area contributed by atoms with E-state index in [1.165, 1.54) is 6.20 Å². The number of aromatic amines is 2. The lowest BCUT2D eigenvalue weighted by Gasteiger charge is -2.12. The van der Waals surface area contributed by atoms with Crippen molar-refractivity contribution < 1.29 is 4.79 Å². The van der Waals surface area contributed by atoms with Crippen LogP contribution in [0.15, 0.2) is 41.5 Å². The van der Waals surface area contributed by atoms with Gasteiger partial charge in [0, 0.05) is 41.2 Å². The molecule has 8 nitrogen and oxygen atoms in total. The first-order valence-corrected chi connectivity index (χ1v) is 8.62. The van der Waals surface area contributed by atoms with Crippen molar-refractivity contribution in [3.05, 3.63) is 52.6 Å². The normalized spacial score (nSPS) is 10.6. The standard InChI is InChI=1S/C20H16N6O2/c1-2-22-19-13-5-3-11(15-7-8-24-26-15)9-14(13)17-18(25-19)12(4-6-16(21)27)10-23-20(17)28/h3,5,7-10H,2H2,1H3,(H2,21,27)(H,22,25)(H,23,28)(H,24,26). The van der Waals surface area contributed by atoms with Crippen LogP contribution >= 0.6 is 0 Å². The van der Waals surface area contributed by atoms with Crippen LogP contribution in [0.3, 0.4) is 0 Å². The van der Waals surface area contributed by atoms with E-state index >= 15 is 0 Å². The highest BCUT2D eigenvalue weighted by atomic mass is 16.1. The van der Waals surface area contributed by atoms with Crippen LogP contribution in [-0.2, 0) is 4.79 Å². The van der Waals surface area contributed by atoms with Gasteiger partial charge in [-0.2, -0.15) is 5.10 Å². The molecule has 4 aromatic rings. The third kappa shape index (κ3) is 2.95. The number of hydrogen-bond donors (Lipinski definition) is 4. The Bertz CT molecular complexity index is 1330. The summed E-state index contributed by atoms with van der Waals surface area (Å²) in [6.45, 7) is 2.61. The van der Waals surface area contributed by atoms with Gasteiger partial charge in [0.2, 0.25) is 0 Å². The van der Waals surface area contributed by atoms with E-state index in [0.29, 0.717) is 28.8 Å². The lowest BCUT2D eigenvalue weighted by atomic mass is 10.0. The third-order valence-corrected chi connectivity index (χ3v) is 4.31. The van der Waals surface area contributed by atoms with Crippen LogP contribution < -0.4 is 16.6 Å². The quantitative estimate of drug-likeness (QED) is 0.321. The molecule has 0 spiro atoms. The number of benzene rings is 1. The van der Waals surface area contributed by atoms with E-state index in [2.05, 4.69) is 37.3 Å². The molecule has 1 aromatic carbocycles. The summed E-state index contributed by atoms with van der Waals surface area (Å²) in [6.07, 6.45) is 3.10. The van der Waals surface area contributed by atoms with Crippen molar-refractivity contribution in [1.82, 2.24) is 20.2 Å². The number of anilines is 1. The van der Waals surface area contributed by atoms with E-state index in [-0.39, 0.29) is 5.56 Å². The molecule has 0 aliphatic carbocycles. The van der Waals surface area contributed by atoms with E-state index in [1.54, 1.807) is 6.20 Å². The number of aromatic nitrogens is 4. The Kier molecular flexibility index (Phi) is 4.26. The van der Waals surface area contributed by atoms with Gasteiger partial charge in [-0.3, -0.25) is 14.7 Å². The minimum Gasteiger partial charge on any atom is -0.370 e. The zero-order chi connectivity index (χ0) is 19.7. The van der Waals surface area contributed by atoms with Gasteiger partial charge in [0.05, 0.1) is 22.2 Å². The predicted octanol–water partition coefficient (Wildman–Crippen LogP) is 1.73. The molecule has 28 heavy (non-hydrogen) atoms. The average molecular weight is 372 g/mol. The van der Waals surface area contributed by atoms with Crippen LogP contribution in [0.4, 0.5) is 5.82 Å². The van der Waals surface area contributed by atoms with Crippen molar-refractivity contribution in [2.75, 3.05) is 11.9 Å². The molecule has 3 heterocycles. The van der Waals surface area contributed by atoms with Crippen molar-refractivity contribution in [2.45, 2.75) is 6.92 Å². The molecular weight excluding hydrogens is 356 g/mol. The number of nitrogens with two attached hydrogens (primary N) is 1. The molecule has 0 aliphatic rings. The summed E-state index contributed by atoms with van der Waals surface area (Å²) >= 11 is 0. The molecule has 5 N–H and O–H groups in total. The van der Waals surface area contributed by atoms with Crippen molar-refractivity contribution in [1.29, 1.82) is 0 Å². The maximum atomic E-state index is 12.7. The molecule has 0 bridgehead atoms. The number of nitrogens with zero attached hydrogens (tertiary/aromatic N) is 2. The van der Waals surface area contributed by atoms with Crippen molar-refractivity contribution in [3.63, 3.8) is 0 Å². The highest BCUT2D eigenvalue weighted by Gasteiger charge is 2.15. The molecule has 0 aliphatic heterocycles. The Balaban J connectivity index is 2.13. The summed E-state index contributed by atoms with van der Waals surface area (Å²) in [4.78, 5) is 31.0. The maximum Gasteiger partial charge on any atom is 0.293 e. The van der Waals surface area contributed by atoms with Gasteiger partial charge >= 0.3 is 0 Å². The lowest BCUT2D eigenvalue weighted by molar-refractivity contribution is -0.112. The summed E-state index contributed by atoms with van der Waals surface area (Å²) in [5.41, 5.74) is 7.38. The molecule has 0 atom stereocenters. The second-order valence-corrected chi connectivity index (χ2v) is 6.09. The SMILES string of the molecule is CCNc1nc2c(C#CC(N)=O)c[nH]c(=O)c2c2cc(-c3ccn[nH]3)ccc12. The average Bonchev–Trinajstić information content (AvgIpc) is 3.22. The van der Waals surface area contributed by atoms with Crippen LogP contribution in [0, 0.1) is 11.8 Å². The summed E-state index contributed by atoms with van der Waals surface area (Å²) in [6, 6.07) is 7.62. The number of carbonyl (C=O) groups excluding carboxylic acids is 1. The molecule has 0 radical (unpaired) electrons. The van der Waals surface area contributed by atoms with Gasteiger partial charge in [-0.15, -0.1) is 0 Å². The van der Waals surface area contributed by atoms with E-state index in [0.717, 1.165) is 22.0 Å². The van der Waals surface area contributed by atoms with Gasteiger partial charge in [-0.25, -0.2) is 4.98 Å². The Labute approximate surface area is 159 Å². The molecule has 138 valence electrons. The van der Waals surface area contributed by atoms with Crippen molar-refractivity contribution in [2.24, 2.45) is 5.73 Å². The Hall–Kier alpha value is -4.12. The van der Waals surface area contributed by atoms with Gasteiger partial charge in [0.1, 0.15) is 5.82 Å². The summed E-state index contributed by atoms with van der Waals surface area (Å²) in [5, 5.41) is 12.1. The number of nitrogens with one attached hydrogen (secondary N) is 3. The predicted molar refractivity (Wildman–Crippen MR) is 108 cm³/mol. The number of fused-ring (bicyclic) bond motifs is 3. The summed E-state index contributed by atoms with van der Waals surface area (Å²) < 4.78 is 0. The molecule has 1 amide bonds. The monoisotopic (exact) mass is 372 g/mol. The fraction of sp³-hybridized carbons (Fsp3) is 0.100. The number of H-pyrrole nitrogens is 2. The zero-order valence-corrected chi connectivity index (χ0v) is 15.0. The number of amides is 1. The smallest absolute Gasteiger partial charge is 0.293 e. The third-order valence-electron chi connectivity index (χ3n) is 4.31. The number of pyridine rings is 2. The zero-order valence-electron chi connectivity index (χ0n) is 15.0. The molecule has 4 rings (SSSR count). The fourth-order valence-corrected chi connectivity index (χ4v) is 3.13. The molecule has 0 fully saturated rings. The molecule has 3 aromatic heterocycles. The van der Waals surface area contributed by atoms with E-state index in [1.807, 2.05) is 31.2 Å². The topological polar surface area (TPSA) is 130 Å². The second-order valence-electron chi connectivity index (χ2n) is 6.09. The van der Waals surface area contributed by atoms with Gasteiger partial charge < -0.3 is 16.0 Å². The Morgan fingerprint density at radius 3 is 2.86 bits per heavy atom. The largest absolute Gasteiger partial charge is 0.370 e. The highest BCUT2D eigenvalue weighted by molar-refractivity contribution is 6.12. The fourth-order valence-electron chi connectivity index (χ4n) is 3.13. The number of hydrogen-bond acceptors (Lipinski definition) is 5. The van der Waals surface area contributed by atoms with Crippen molar-refractivity contribution >= 4 is 33.4 Å². The summed E-state index contributed by atoms with van der Waals surface area (Å²) in [7, 11) is 0. The highest BCUT2D eigenvalue weighted by Crippen LogP contribution is 2.31. The van der Waals surface area contributed by atoms with Crippen molar-refractivity contribution in [3.8, 4) is 23.1 Å². The van der Waals surface area contributed by atoms with Crippen LogP contribution in [0.25, 0.3) is 32.9 Å². The Morgan fingerprint density at radius 1 is 1.29 bits per heavy atom. The molecule has 8 heteroatoms. The lowest BCUT2D eigenvalue weighted by Crippen LogP contribution is -2.11. The maximum absolute atomic E-state index is 12.7. The molecular formula is C20H16N6O2. The van der Waals surface area contributed by atoms with Crippen LogP contribution in [0.5, 0.6) is 0 Å². The first-order valence-electron chi connectivity index (χ1n) is 8.62. The minimum atomic E-state index is -0.756. The van der Waals surface area contributed by atoms with Crippen LogP contribution in [0.2, 0.25) is 0 Å². The molecule has 0 saturated heterocycles. The Morgan fingerprint density at radius 2 is 2.14 bits per heavy atom. The number of rotatable bonds is 3. The second kappa shape index (κ2) is 6.89. The molecule has 0 unspecified atom stereocenters. The van der Waals surface area contributed by atoms with Crippen LogP contribution in [0.1, 0.15) is 12.5 Å². The van der Waals surface area contributed by atoms with Gasteiger partial charge in [0.15, 0.2) is 0 Å². The van der Waals surface area contributed by atoms with Gasteiger partial charge in [-0.05, 0) is 25.1 Å². The first-order chi connectivity index (χ1) is 13.6.